The third-order valence-corrected chi connectivity index (χ3v) is 6.01. The van der Waals surface area contributed by atoms with E-state index >= 15 is 0 Å². The maximum Gasteiger partial charge on any atom is 0.263 e. The average Bonchev–Trinajstić information content (AvgIpc) is 2.86. The molecule has 4 rings (SSSR count). The van der Waals surface area contributed by atoms with Crippen molar-refractivity contribution in [2.45, 2.75) is 32.7 Å². The van der Waals surface area contributed by atoms with E-state index in [9.17, 15) is 4.79 Å². The van der Waals surface area contributed by atoms with Crippen LogP contribution < -0.4 is 19.7 Å². The first-order chi connectivity index (χ1) is 16.0. The smallest absolute Gasteiger partial charge is 0.263 e. The van der Waals surface area contributed by atoms with E-state index in [0.717, 1.165) is 42.0 Å². The average molecular weight is 447 g/mol. The Morgan fingerprint density at radius 3 is 2.64 bits per heavy atom. The summed E-state index contributed by atoms with van der Waals surface area (Å²) in [5.41, 5.74) is 2.07. The number of nitrogens with zero attached hydrogens (tertiary/aromatic N) is 3. The van der Waals surface area contributed by atoms with Crippen molar-refractivity contribution in [3.05, 3.63) is 72.1 Å². The largest absolute Gasteiger partial charge is 0.497 e. The Hall–Kier alpha value is -3.61. The molecule has 0 bridgehead atoms. The Morgan fingerprint density at radius 1 is 1.12 bits per heavy atom. The number of piperidine rings is 1. The van der Waals surface area contributed by atoms with Crippen molar-refractivity contribution in [1.82, 2.24) is 15.3 Å². The minimum absolute atomic E-state index is 0.0493. The first kappa shape index (κ1) is 22.6. The van der Waals surface area contributed by atoms with Crippen LogP contribution in [0.2, 0.25) is 0 Å². The quantitative estimate of drug-likeness (QED) is 0.568. The normalized spacial score (nSPS) is 16.7. The number of carbonyl (C=O) groups excluding carboxylic acids is 1. The van der Waals surface area contributed by atoms with Crippen molar-refractivity contribution in [1.29, 1.82) is 0 Å². The second-order valence-electron chi connectivity index (χ2n) is 8.34. The SMILES string of the molecule is COc1ccc(C(C)NC(=O)C2CCCN(c3nccnc3Oc3ccccc3C)C2)cc1. The van der Waals surface area contributed by atoms with Gasteiger partial charge in [0.05, 0.1) is 19.1 Å². The Morgan fingerprint density at radius 2 is 1.88 bits per heavy atom. The van der Waals surface area contributed by atoms with Gasteiger partial charge in [0.25, 0.3) is 5.88 Å². The monoisotopic (exact) mass is 446 g/mol. The molecule has 1 N–H and O–H groups in total. The van der Waals surface area contributed by atoms with Gasteiger partial charge in [-0.15, -0.1) is 0 Å². The van der Waals surface area contributed by atoms with E-state index in [2.05, 4.69) is 20.2 Å². The Balaban J connectivity index is 1.44. The zero-order chi connectivity index (χ0) is 23.2. The highest BCUT2D eigenvalue weighted by molar-refractivity contribution is 5.80. The summed E-state index contributed by atoms with van der Waals surface area (Å²) in [6.07, 6.45) is 5.03. The minimum atomic E-state index is -0.132. The first-order valence-corrected chi connectivity index (χ1v) is 11.3. The molecule has 0 aliphatic carbocycles. The number of aromatic nitrogens is 2. The van der Waals surface area contributed by atoms with Crippen molar-refractivity contribution in [2.24, 2.45) is 5.92 Å². The number of benzene rings is 2. The van der Waals surface area contributed by atoms with E-state index in [4.69, 9.17) is 9.47 Å². The van der Waals surface area contributed by atoms with Gasteiger partial charge in [-0.05, 0) is 56.0 Å². The standard InChI is InChI=1S/C26H30N4O3/c1-18-7-4-5-9-23(18)33-26-24(27-14-15-28-26)30-16-6-8-21(17-30)25(31)29-19(2)20-10-12-22(32-3)13-11-20/h4-5,7,9-15,19,21H,6,8,16-17H2,1-3H3,(H,29,31). The first-order valence-electron chi connectivity index (χ1n) is 11.3. The van der Waals surface area contributed by atoms with Gasteiger partial charge in [-0.25, -0.2) is 9.97 Å². The lowest BCUT2D eigenvalue weighted by Crippen LogP contribution is -2.44. The highest BCUT2D eigenvalue weighted by Gasteiger charge is 2.29. The number of para-hydroxylation sites is 1. The number of methoxy groups -OCH3 is 1. The van der Waals surface area contributed by atoms with Gasteiger partial charge >= 0.3 is 0 Å². The molecule has 1 aliphatic heterocycles. The third kappa shape index (κ3) is 5.42. The van der Waals surface area contributed by atoms with Crippen LogP contribution >= 0.6 is 0 Å². The fraction of sp³-hybridized carbons (Fsp3) is 0.346. The van der Waals surface area contributed by atoms with Gasteiger partial charge in [0, 0.05) is 25.5 Å². The van der Waals surface area contributed by atoms with Crippen LogP contribution in [0.3, 0.4) is 0 Å². The number of amides is 1. The van der Waals surface area contributed by atoms with Gasteiger partial charge in [-0.1, -0.05) is 30.3 Å². The molecule has 2 aromatic carbocycles. The molecule has 2 atom stereocenters. The number of aryl methyl sites for hydroxylation is 1. The third-order valence-electron chi connectivity index (χ3n) is 6.01. The number of rotatable bonds is 7. The van der Waals surface area contributed by atoms with Crippen LogP contribution in [0.15, 0.2) is 60.9 Å². The highest BCUT2D eigenvalue weighted by atomic mass is 16.5. The van der Waals surface area contributed by atoms with Crippen LogP contribution in [0.1, 0.15) is 36.9 Å². The Bertz CT molecular complexity index is 1090. The molecule has 0 saturated carbocycles. The minimum Gasteiger partial charge on any atom is -0.497 e. The maximum atomic E-state index is 13.1. The van der Waals surface area contributed by atoms with Crippen molar-refractivity contribution >= 4 is 11.7 Å². The van der Waals surface area contributed by atoms with Crippen LogP contribution in [0.25, 0.3) is 0 Å². The summed E-state index contributed by atoms with van der Waals surface area (Å²) in [4.78, 5) is 24.1. The molecule has 7 heteroatoms. The molecule has 0 radical (unpaired) electrons. The molecule has 172 valence electrons. The molecule has 1 amide bonds. The summed E-state index contributed by atoms with van der Waals surface area (Å²) in [6, 6.07) is 15.5. The van der Waals surface area contributed by atoms with Gasteiger partial charge in [0.1, 0.15) is 11.5 Å². The van der Waals surface area contributed by atoms with E-state index in [0.29, 0.717) is 18.2 Å². The van der Waals surface area contributed by atoms with E-state index in [1.807, 2.05) is 62.4 Å². The molecule has 1 aromatic heterocycles. The second-order valence-corrected chi connectivity index (χ2v) is 8.34. The fourth-order valence-corrected chi connectivity index (χ4v) is 4.07. The summed E-state index contributed by atoms with van der Waals surface area (Å²) in [5, 5.41) is 3.16. The summed E-state index contributed by atoms with van der Waals surface area (Å²) >= 11 is 0. The van der Waals surface area contributed by atoms with Crippen molar-refractivity contribution in [3.63, 3.8) is 0 Å². The molecule has 3 aromatic rings. The zero-order valence-electron chi connectivity index (χ0n) is 19.3. The summed E-state index contributed by atoms with van der Waals surface area (Å²) < 4.78 is 11.3. The van der Waals surface area contributed by atoms with Gasteiger partial charge in [0.15, 0.2) is 5.82 Å². The number of hydrogen-bond acceptors (Lipinski definition) is 6. The Kier molecular flexibility index (Phi) is 7.07. The molecule has 1 aliphatic rings. The summed E-state index contributed by atoms with van der Waals surface area (Å²) in [7, 11) is 1.64. The molecule has 7 nitrogen and oxygen atoms in total. The topological polar surface area (TPSA) is 76.6 Å². The molecule has 2 unspecified atom stereocenters. The number of anilines is 1. The number of ether oxygens (including phenoxy) is 2. The number of nitrogens with one attached hydrogen (secondary N) is 1. The molecular formula is C26H30N4O3. The maximum absolute atomic E-state index is 13.1. The molecule has 33 heavy (non-hydrogen) atoms. The predicted molar refractivity (Wildman–Crippen MR) is 128 cm³/mol. The lowest BCUT2D eigenvalue weighted by molar-refractivity contribution is -0.125. The summed E-state index contributed by atoms with van der Waals surface area (Å²) in [5.74, 6) is 2.59. The van der Waals surface area contributed by atoms with Gasteiger partial charge in [-0.2, -0.15) is 0 Å². The zero-order valence-corrected chi connectivity index (χ0v) is 19.3. The van der Waals surface area contributed by atoms with E-state index in [-0.39, 0.29) is 17.9 Å². The Labute approximate surface area is 194 Å². The fourth-order valence-electron chi connectivity index (χ4n) is 4.07. The van der Waals surface area contributed by atoms with Crippen molar-refractivity contribution in [2.75, 3.05) is 25.1 Å². The number of carbonyl (C=O) groups is 1. The van der Waals surface area contributed by atoms with Crippen molar-refractivity contribution < 1.29 is 14.3 Å². The lowest BCUT2D eigenvalue weighted by atomic mass is 9.96. The molecule has 1 saturated heterocycles. The molecule has 0 spiro atoms. The van der Waals surface area contributed by atoms with Crippen molar-refractivity contribution in [3.8, 4) is 17.4 Å². The molecule has 1 fully saturated rings. The van der Waals surface area contributed by atoms with Crippen LogP contribution in [0.5, 0.6) is 17.4 Å². The lowest BCUT2D eigenvalue weighted by Gasteiger charge is -2.33. The second kappa shape index (κ2) is 10.3. The molecule has 2 heterocycles. The van der Waals surface area contributed by atoms with Gasteiger partial charge < -0.3 is 19.7 Å². The number of hydrogen-bond donors (Lipinski definition) is 1. The molecular weight excluding hydrogens is 416 g/mol. The van der Waals surface area contributed by atoms with Crippen LogP contribution in [-0.4, -0.2) is 36.1 Å². The van der Waals surface area contributed by atoms with E-state index in [1.165, 1.54) is 0 Å². The van der Waals surface area contributed by atoms with Gasteiger partial charge in [-0.3, -0.25) is 4.79 Å². The van der Waals surface area contributed by atoms with Crippen LogP contribution in [-0.2, 0) is 4.79 Å². The van der Waals surface area contributed by atoms with E-state index < -0.39 is 0 Å². The van der Waals surface area contributed by atoms with Crippen LogP contribution in [0, 0.1) is 12.8 Å². The predicted octanol–water partition coefficient (Wildman–Crippen LogP) is 4.68. The van der Waals surface area contributed by atoms with Gasteiger partial charge in [0.2, 0.25) is 5.91 Å². The summed E-state index contributed by atoms with van der Waals surface area (Å²) in [6.45, 7) is 5.37. The van der Waals surface area contributed by atoms with Crippen LogP contribution in [0.4, 0.5) is 5.82 Å². The highest BCUT2D eigenvalue weighted by Crippen LogP contribution is 2.32. The van der Waals surface area contributed by atoms with E-state index in [1.54, 1.807) is 19.5 Å².